The summed E-state index contributed by atoms with van der Waals surface area (Å²) in [6.45, 7) is 15.2. The van der Waals surface area contributed by atoms with Gasteiger partial charge in [-0.25, -0.2) is 0 Å². The van der Waals surface area contributed by atoms with Crippen molar-refractivity contribution >= 4 is 41.4 Å². The number of likely N-dealkylation sites (tertiary alicyclic amines) is 6. The predicted octanol–water partition coefficient (Wildman–Crippen LogP) is 1.01. The highest BCUT2D eigenvalue weighted by Gasteiger charge is 2.59. The fourth-order valence-electron chi connectivity index (χ4n) is 14.0. The van der Waals surface area contributed by atoms with Gasteiger partial charge in [0.15, 0.2) is 0 Å². The molecule has 12 atom stereocenters. The molecule has 0 aromatic carbocycles. The number of methoxy groups -OCH3 is 6. The van der Waals surface area contributed by atoms with Crippen LogP contribution in [0.1, 0.15) is 87.0 Å². The molecule has 70 heavy (non-hydrogen) atoms. The Balaban J connectivity index is 1.20. The third-order valence-electron chi connectivity index (χ3n) is 17.0. The molecule has 0 bridgehead atoms. The zero-order valence-corrected chi connectivity index (χ0v) is 44.3. The molecule has 396 valence electrons. The molecule has 6 saturated heterocycles. The fraction of sp³-hybridized carbons (Fsp3) is 0.860. The van der Waals surface area contributed by atoms with Crippen molar-refractivity contribution in [2.75, 3.05) is 122 Å². The van der Waals surface area contributed by atoms with Gasteiger partial charge in [-0.2, -0.15) is 0 Å². The fourth-order valence-corrected chi connectivity index (χ4v) is 14.0. The van der Waals surface area contributed by atoms with E-state index in [0.717, 1.165) is 0 Å². The van der Waals surface area contributed by atoms with Gasteiger partial charge in [0.2, 0.25) is 41.4 Å². The van der Waals surface area contributed by atoms with Crippen LogP contribution in [0.15, 0.2) is 0 Å². The van der Waals surface area contributed by atoms with E-state index in [1.165, 1.54) is 6.92 Å². The molecule has 6 aliphatic rings. The summed E-state index contributed by atoms with van der Waals surface area (Å²) >= 11 is 0. The number of amides is 7. The summed E-state index contributed by atoms with van der Waals surface area (Å²) in [5, 5.41) is 0. The molecule has 0 spiro atoms. The average Bonchev–Trinajstić information content (AvgIpc) is 4.13. The predicted molar refractivity (Wildman–Crippen MR) is 255 cm³/mol. The normalized spacial score (nSPS) is 37.6. The molecule has 6 aliphatic heterocycles. The van der Waals surface area contributed by atoms with E-state index in [4.69, 9.17) is 34.2 Å². The highest BCUT2D eigenvalue weighted by Crippen LogP contribution is 2.46. The van der Waals surface area contributed by atoms with Gasteiger partial charge < -0.3 is 63.6 Å². The topological polar surface area (TPSA) is 220 Å². The molecule has 0 radical (unpaired) electrons. The van der Waals surface area contributed by atoms with Crippen LogP contribution in [0.25, 0.3) is 0 Å². The first-order valence-corrected chi connectivity index (χ1v) is 24.9. The lowest BCUT2D eigenvalue weighted by atomic mass is 9.90. The van der Waals surface area contributed by atoms with Gasteiger partial charge in [0, 0.05) is 88.9 Å². The van der Waals surface area contributed by atoms with Crippen molar-refractivity contribution in [1.82, 2.24) is 29.4 Å². The van der Waals surface area contributed by atoms with E-state index in [-0.39, 0.29) is 114 Å². The maximum atomic E-state index is 15.1. The van der Waals surface area contributed by atoms with Gasteiger partial charge >= 0.3 is 0 Å². The van der Waals surface area contributed by atoms with Crippen molar-refractivity contribution in [2.24, 2.45) is 41.2 Å². The number of nitrogens with two attached hydrogens (primary N) is 1. The lowest BCUT2D eigenvalue weighted by Gasteiger charge is -2.36. The molecular formula is C50H83N7O13. The molecule has 7 amide bonds. The molecule has 6 heterocycles. The number of ether oxygens (including phenoxy) is 6. The van der Waals surface area contributed by atoms with Crippen molar-refractivity contribution in [1.29, 1.82) is 0 Å². The second kappa shape index (κ2) is 20.9. The molecule has 20 heteroatoms. The van der Waals surface area contributed by atoms with Crippen molar-refractivity contribution in [3.8, 4) is 0 Å². The molecule has 0 aromatic heterocycles. The summed E-state index contributed by atoms with van der Waals surface area (Å²) in [6, 6.07) is 0. The second-order valence-electron chi connectivity index (χ2n) is 23.3. The largest absolute Gasteiger partial charge is 0.382 e. The zero-order valence-electron chi connectivity index (χ0n) is 44.3. The van der Waals surface area contributed by atoms with E-state index < -0.39 is 74.6 Å². The lowest BCUT2D eigenvalue weighted by molar-refractivity contribution is -0.143. The third-order valence-corrected chi connectivity index (χ3v) is 17.0. The SMILES string of the molecule is COC[C@]1(C)C[C@H](C(=O)N2C[C@@H](C(=O)N3C[C@@H](C(=O)N4C[C@@H](C(=O)N5C[C@@H](C(=O)N6C[C@@H](C(N)=O)C[C@@]6(C)COC)C[C@@]5(C)COC)C[C@@]4(C)COC)C[C@@]3(C)COC)C[C@@]2(C)COC)CN1C(C)=O. The molecule has 6 fully saturated rings. The highest BCUT2D eigenvalue weighted by molar-refractivity contribution is 5.90. The van der Waals surface area contributed by atoms with Gasteiger partial charge in [0.05, 0.1) is 108 Å². The smallest absolute Gasteiger partial charge is 0.228 e. The second-order valence-corrected chi connectivity index (χ2v) is 23.3. The minimum atomic E-state index is -0.874. The maximum Gasteiger partial charge on any atom is 0.228 e. The number of primary amides is 1. The van der Waals surface area contributed by atoms with Crippen LogP contribution in [0.2, 0.25) is 0 Å². The van der Waals surface area contributed by atoms with Crippen molar-refractivity contribution in [2.45, 2.75) is 120 Å². The minimum Gasteiger partial charge on any atom is -0.382 e. The van der Waals surface area contributed by atoms with E-state index in [0.29, 0.717) is 38.5 Å². The quantitative estimate of drug-likeness (QED) is 0.203. The first-order chi connectivity index (χ1) is 32.8. The molecule has 0 unspecified atom stereocenters. The summed E-state index contributed by atoms with van der Waals surface area (Å²) in [7, 11) is 9.41. The molecule has 0 aliphatic carbocycles. The van der Waals surface area contributed by atoms with Crippen LogP contribution in [0.4, 0.5) is 0 Å². The van der Waals surface area contributed by atoms with Gasteiger partial charge in [-0.05, 0) is 80.1 Å². The Hall–Kier alpha value is -3.95. The van der Waals surface area contributed by atoms with Gasteiger partial charge in [-0.1, -0.05) is 0 Å². The number of nitrogens with zero attached hydrogens (tertiary/aromatic N) is 6. The lowest BCUT2D eigenvalue weighted by Crippen LogP contribution is -2.51. The third kappa shape index (κ3) is 10.2. The summed E-state index contributed by atoms with van der Waals surface area (Å²) in [6.07, 6.45) is 2.10. The van der Waals surface area contributed by atoms with Gasteiger partial charge in [0.25, 0.3) is 0 Å². The minimum absolute atomic E-state index is 0.111. The van der Waals surface area contributed by atoms with Crippen LogP contribution in [-0.2, 0) is 62.0 Å². The Morgan fingerprint density at radius 2 is 0.529 bits per heavy atom. The van der Waals surface area contributed by atoms with Gasteiger partial charge in [-0.15, -0.1) is 0 Å². The van der Waals surface area contributed by atoms with Crippen molar-refractivity contribution < 1.29 is 62.0 Å². The first kappa shape index (κ1) is 55.4. The van der Waals surface area contributed by atoms with E-state index in [1.807, 2.05) is 41.5 Å². The van der Waals surface area contributed by atoms with Crippen molar-refractivity contribution in [3.05, 3.63) is 0 Å². The van der Waals surface area contributed by atoms with Gasteiger partial charge in [0.1, 0.15) is 0 Å². The van der Waals surface area contributed by atoms with Gasteiger partial charge in [-0.3, -0.25) is 33.6 Å². The zero-order chi connectivity index (χ0) is 51.9. The summed E-state index contributed by atoms with van der Waals surface area (Å²) in [5.41, 5.74) is 0.932. The Kier molecular flexibility index (Phi) is 16.5. The number of carbonyl (C=O) groups excluding carboxylic acids is 7. The molecular weight excluding hydrogens is 907 g/mol. The molecule has 0 saturated carbocycles. The standard InChI is InChI=1S/C50H83N7O13/c1-32(58)52-21-34(15-45(52,2)26-65-8)40(60)54-23-36(17-47(54,4)28-67-10)42(62)56-25-38(19-49(56,6)30-69-12)44(64)57-24-37(18-50(57,7)31-70-13)43(63)55-22-35(16-48(55,5)29-68-11)41(61)53-20-33(39(51)59)14-46(53,3)27-66-9/h33-38H,14-31H2,1-13H3,(H2,51,59)/t33-,34-,35-,36-,37-,38-,45-,46-,47-,48-,49-,50-/m0/s1. The highest BCUT2D eigenvalue weighted by atomic mass is 16.5. The summed E-state index contributed by atoms with van der Waals surface area (Å²) in [4.78, 5) is 110. The van der Waals surface area contributed by atoms with Crippen molar-refractivity contribution in [3.63, 3.8) is 0 Å². The first-order valence-electron chi connectivity index (χ1n) is 24.9. The molecule has 2 N–H and O–H groups in total. The molecule has 20 nitrogen and oxygen atoms in total. The van der Waals surface area contributed by atoms with Crippen LogP contribution in [0, 0.1) is 35.5 Å². The number of carbonyl (C=O) groups is 7. The molecule has 6 rings (SSSR count). The number of hydrogen-bond donors (Lipinski definition) is 1. The Morgan fingerprint density at radius 1 is 0.357 bits per heavy atom. The maximum absolute atomic E-state index is 15.1. The summed E-state index contributed by atoms with van der Waals surface area (Å²) in [5.74, 6) is -4.93. The van der Waals surface area contributed by atoms with E-state index in [2.05, 4.69) is 0 Å². The van der Waals surface area contributed by atoms with Crippen LogP contribution < -0.4 is 5.73 Å². The Labute approximate surface area is 414 Å². The number of rotatable bonds is 18. The van der Waals surface area contributed by atoms with E-state index in [1.54, 1.807) is 72.1 Å². The van der Waals surface area contributed by atoms with Crippen LogP contribution in [-0.4, -0.2) is 226 Å². The average molecular weight is 990 g/mol. The Morgan fingerprint density at radius 3 is 0.714 bits per heavy atom. The van der Waals surface area contributed by atoms with Crippen LogP contribution >= 0.6 is 0 Å². The summed E-state index contributed by atoms with van der Waals surface area (Å²) < 4.78 is 33.9. The molecule has 0 aromatic rings. The monoisotopic (exact) mass is 990 g/mol. The number of hydrogen-bond acceptors (Lipinski definition) is 13. The van der Waals surface area contributed by atoms with E-state index >= 15 is 9.59 Å². The van der Waals surface area contributed by atoms with Crippen LogP contribution in [0.3, 0.4) is 0 Å². The van der Waals surface area contributed by atoms with E-state index in [9.17, 15) is 24.0 Å². The van der Waals surface area contributed by atoms with Crippen LogP contribution in [0.5, 0.6) is 0 Å². The Bertz CT molecular complexity index is 2010.